The third-order valence-electron chi connectivity index (χ3n) is 4.59. The van der Waals surface area contributed by atoms with Crippen LogP contribution in [-0.2, 0) is 38.1 Å². The number of allylic oxidation sites excluding steroid dienone is 3. The maximum atomic E-state index is 12.6. The molecule has 0 radical (unpaired) electrons. The summed E-state index contributed by atoms with van der Waals surface area (Å²) in [7, 11) is 4.39. The van der Waals surface area contributed by atoms with Crippen LogP contribution in [0.5, 0.6) is 0 Å². The number of carbonyl (C=O) groups is 4. The predicted octanol–water partition coefficient (Wildman–Crippen LogP) is 3.27. The van der Waals surface area contributed by atoms with E-state index >= 15 is 0 Å². The summed E-state index contributed by atoms with van der Waals surface area (Å²) in [6.45, 7) is 7.12. The van der Waals surface area contributed by atoms with Gasteiger partial charge in [-0.1, -0.05) is 35.4 Å². The fourth-order valence-corrected chi connectivity index (χ4v) is 3.40. The van der Waals surface area contributed by atoms with Gasteiger partial charge in [0.25, 0.3) is 0 Å². The van der Waals surface area contributed by atoms with Crippen molar-refractivity contribution in [2.45, 2.75) is 25.7 Å². The Morgan fingerprint density at radius 2 is 0.967 bits per heavy atom. The average molecular weight is 465 g/mol. The Morgan fingerprint density at radius 3 is 1.13 bits per heavy atom. The lowest BCUT2D eigenvalue weighted by Crippen LogP contribution is -2.44. The van der Waals surface area contributed by atoms with Gasteiger partial charge in [-0.25, -0.2) is 0 Å². The summed E-state index contributed by atoms with van der Waals surface area (Å²) >= 11 is 12.1. The van der Waals surface area contributed by atoms with Crippen LogP contribution in [0.25, 0.3) is 0 Å². The molecule has 0 aromatic heterocycles. The number of carbonyl (C=O) groups excluding carboxylic acids is 4. The molecule has 10 heteroatoms. The van der Waals surface area contributed by atoms with Crippen molar-refractivity contribution in [3.05, 3.63) is 35.4 Å². The van der Waals surface area contributed by atoms with Crippen LogP contribution in [-0.4, -0.2) is 52.3 Å². The van der Waals surface area contributed by atoms with Gasteiger partial charge in [-0.05, 0) is 31.3 Å². The highest BCUT2D eigenvalue weighted by molar-refractivity contribution is 6.56. The molecule has 0 fully saturated rings. The minimum absolute atomic E-state index is 0.0358. The lowest BCUT2D eigenvalue weighted by Gasteiger charge is -2.32. The molecule has 0 heterocycles. The number of methoxy groups -OCH3 is 4. The lowest BCUT2D eigenvalue weighted by molar-refractivity contribution is -0.169. The summed E-state index contributed by atoms with van der Waals surface area (Å²) in [5, 5.41) is 0. The van der Waals surface area contributed by atoms with Gasteiger partial charge in [-0.2, -0.15) is 0 Å². The molecular weight excluding hydrogens is 439 g/mol. The van der Waals surface area contributed by atoms with Crippen molar-refractivity contribution in [3.63, 3.8) is 0 Å². The van der Waals surface area contributed by atoms with Crippen LogP contribution >= 0.6 is 23.2 Å². The van der Waals surface area contributed by atoms with Crippen LogP contribution in [0.3, 0.4) is 0 Å². The molecule has 0 saturated carbocycles. The molecule has 0 aromatic rings. The van der Waals surface area contributed by atoms with Gasteiger partial charge < -0.3 is 18.9 Å². The van der Waals surface area contributed by atoms with E-state index in [1.165, 1.54) is 12.2 Å². The van der Waals surface area contributed by atoms with Crippen molar-refractivity contribution in [2.24, 2.45) is 10.8 Å². The van der Waals surface area contributed by atoms with Gasteiger partial charge in [0.15, 0.2) is 10.8 Å². The Kier molecular flexibility index (Phi) is 11.4. The number of hydrogen-bond donors (Lipinski definition) is 0. The van der Waals surface area contributed by atoms with Gasteiger partial charge in [0.2, 0.25) is 0 Å². The Morgan fingerprint density at radius 1 is 0.700 bits per heavy atom. The molecule has 0 bridgehead atoms. The van der Waals surface area contributed by atoms with E-state index in [2.05, 4.69) is 13.2 Å². The van der Waals surface area contributed by atoms with Crippen molar-refractivity contribution in [1.82, 2.24) is 0 Å². The molecule has 0 N–H and O–H groups in total. The first kappa shape index (κ1) is 27.7. The number of ether oxygens (including phenoxy) is 4. The van der Waals surface area contributed by atoms with Gasteiger partial charge in [-0.3, -0.25) is 19.2 Å². The largest absolute Gasteiger partial charge is 0.468 e. The van der Waals surface area contributed by atoms with Crippen molar-refractivity contribution in [1.29, 1.82) is 0 Å². The molecule has 0 amide bonds. The quantitative estimate of drug-likeness (QED) is 0.187. The number of hydrogen-bond acceptors (Lipinski definition) is 8. The molecule has 0 aliphatic carbocycles. The topological polar surface area (TPSA) is 105 Å². The van der Waals surface area contributed by atoms with Gasteiger partial charge in [0.05, 0.1) is 28.4 Å². The SMILES string of the molecule is C=CCC(CC(CC(CC=C)(C(=O)OC)C(=O)OC)=C(Cl)Cl)(C(=O)OC)C(=O)OC. The van der Waals surface area contributed by atoms with E-state index in [-0.39, 0.29) is 22.9 Å². The normalized spacial score (nSPS) is 11.0. The maximum Gasteiger partial charge on any atom is 0.323 e. The van der Waals surface area contributed by atoms with E-state index < -0.39 is 47.5 Å². The highest BCUT2D eigenvalue weighted by Gasteiger charge is 2.52. The fourth-order valence-electron chi connectivity index (χ4n) is 3.13. The van der Waals surface area contributed by atoms with Gasteiger partial charge in [-0.15, -0.1) is 13.2 Å². The van der Waals surface area contributed by atoms with Crippen LogP contribution in [0, 0.1) is 10.8 Å². The molecule has 0 aliphatic heterocycles. The molecule has 0 atom stereocenters. The summed E-state index contributed by atoms with van der Waals surface area (Å²) in [4.78, 5) is 50.3. The van der Waals surface area contributed by atoms with Crippen molar-refractivity contribution in [2.75, 3.05) is 28.4 Å². The van der Waals surface area contributed by atoms with Crippen molar-refractivity contribution >= 4 is 47.1 Å². The molecule has 168 valence electrons. The number of rotatable bonds is 12. The first-order valence-electron chi connectivity index (χ1n) is 8.65. The highest BCUT2D eigenvalue weighted by Crippen LogP contribution is 2.43. The molecule has 0 unspecified atom stereocenters. The fraction of sp³-hybridized carbons (Fsp3) is 0.500. The Labute approximate surface area is 185 Å². The zero-order chi connectivity index (χ0) is 23.5. The van der Waals surface area contributed by atoms with E-state index in [9.17, 15) is 19.2 Å². The van der Waals surface area contributed by atoms with Gasteiger partial charge in [0, 0.05) is 0 Å². The lowest BCUT2D eigenvalue weighted by atomic mass is 9.72. The first-order valence-corrected chi connectivity index (χ1v) is 9.40. The first-order chi connectivity index (χ1) is 14.1. The third-order valence-corrected chi connectivity index (χ3v) is 5.12. The molecule has 8 nitrogen and oxygen atoms in total. The standard InChI is InChI=1S/C20H26Cl2O8/c1-7-9-19(15(23)27-3,16(24)28-4)11-13(14(21)22)12-20(10-8-2,17(25)29-5)18(26)30-6/h7-8H,1-2,9-12H2,3-6H3. The molecule has 0 aromatic carbocycles. The summed E-state index contributed by atoms with van der Waals surface area (Å²) < 4.78 is 18.8. The second kappa shape index (κ2) is 12.4. The Balaban J connectivity index is 6.63. The summed E-state index contributed by atoms with van der Waals surface area (Å²) in [6.07, 6.45) is 1.47. The smallest absolute Gasteiger partial charge is 0.323 e. The number of halogens is 2. The summed E-state index contributed by atoms with van der Waals surface area (Å²) in [5.74, 6) is -3.70. The predicted molar refractivity (Wildman–Crippen MR) is 111 cm³/mol. The van der Waals surface area contributed by atoms with Crippen LogP contribution < -0.4 is 0 Å². The highest BCUT2D eigenvalue weighted by atomic mass is 35.5. The average Bonchev–Trinajstić information content (AvgIpc) is 2.74. The summed E-state index contributed by atoms with van der Waals surface area (Å²) in [5.41, 5.74) is -3.74. The van der Waals surface area contributed by atoms with E-state index in [0.29, 0.717) is 0 Å². The Hall–Kier alpha value is -2.32. The van der Waals surface area contributed by atoms with E-state index in [0.717, 1.165) is 28.4 Å². The van der Waals surface area contributed by atoms with Gasteiger partial charge in [0.1, 0.15) is 4.49 Å². The molecule has 0 spiro atoms. The molecule has 0 aliphatic rings. The molecular formula is C20H26Cl2O8. The molecule has 0 rings (SSSR count). The van der Waals surface area contributed by atoms with Crippen LogP contribution in [0.15, 0.2) is 35.4 Å². The number of esters is 4. The minimum atomic E-state index is -1.89. The van der Waals surface area contributed by atoms with E-state index in [4.69, 9.17) is 42.1 Å². The van der Waals surface area contributed by atoms with Crippen LogP contribution in [0.4, 0.5) is 0 Å². The van der Waals surface area contributed by atoms with E-state index in [1.54, 1.807) is 0 Å². The Bertz CT molecular complexity index is 636. The maximum absolute atomic E-state index is 12.6. The van der Waals surface area contributed by atoms with Gasteiger partial charge >= 0.3 is 23.9 Å². The summed E-state index contributed by atoms with van der Waals surface area (Å²) in [6, 6.07) is 0. The monoisotopic (exact) mass is 464 g/mol. The van der Waals surface area contributed by atoms with Crippen molar-refractivity contribution in [3.8, 4) is 0 Å². The van der Waals surface area contributed by atoms with E-state index in [1.807, 2.05) is 0 Å². The zero-order valence-corrected chi connectivity index (χ0v) is 18.9. The second-order valence-corrected chi connectivity index (χ2v) is 7.28. The van der Waals surface area contributed by atoms with Crippen molar-refractivity contribution < 1.29 is 38.1 Å². The zero-order valence-electron chi connectivity index (χ0n) is 17.4. The van der Waals surface area contributed by atoms with Crippen LogP contribution in [0.1, 0.15) is 25.7 Å². The molecule has 30 heavy (non-hydrogen) atoms. The molecule has 0 saturated heterocycles. The minimum Gasteiger partial charge on any atom is -0.468 e. The van der Waals surface area contributed by atoms with Crippen LogP contribution in [0.2, 0.25) is 0 Å². The third kappa shape index (κ3) is 5.86. The second-order valence-electron chi connectivity index (χ2n) is 6.33.